The first-order chi connectivity index (χ1) is 8.77. The molecule has 2 nitrogen and oxygen atoms in total. The van der Waals surface area contributed by atoms with Gasteiger partial charge in [-0.05, 0) is 44.0 Å². The van der Waals surface area contributed by atoms with E-state index in [4.69, 9.17) is 4.74 Å². The molecule has 0 heterocycles. The van der Waals surface area contributed by atoms with Crippen molar-refractivity contribution >= 4 is 0 Å². The molecule has 102 valence electrons. The Bertz CT molecular complexity index is 325. The third-order valence-electron chi connectivity index (χ3n) is 3.11. The van der Waals surface area contributed by atoms with Crippen LogP contribution in [0.2, 0.25) is 0 Å². The first-order valence-corrected chi connectivity index (χ1v) is 7.24. The third-order valence-corrected chi connectivity index (χ3v) is 3.11. The molecular formula is C16H27NO. The molecule has 0 aromatic heterocycles. The van der Waals surface area contributed by atoms with Crippen LogP contribution in [0.5, 0.6) is 5.75 Å². The maximum absolute atomic E-state index is 5.74. The number of ether oxygens (including phenoxy) is 1. The molecule has 0 spiro atoms. The molecule has 0 saturated heterocycles. The minimum atomic E-state index is 0.395. The van der Waals surface area contributed by atoms with Gasteiger partial charge in [-0.25, -0.2) is 0 Å². The van der Waals surface area contributed by atoms with Crippen LogP contribution in [0.1, 0.15) is 58.1 Å². The molecule has 18 heavy (non-hydrogen) atoms. The monoisotopic (exact) mass is 249 g/mol. The summed E-state index contributed by atoms with van der Waals surface area (Å²) in [6.07, 6.45) is 4.76. The summed E-state index contributed by atoms with van der Waals surface area (Å²) in [6, 6.07) is 8.83. The number of nitrogens with one attached hydrogen (secondary N) is 1. The van der Waals surface area contributed by atoms with Gasteiger partial charge in [0.15, 0.2) is 0 Å². The lowest BCUT2D eigenvalue weighted by molar-refractivity contribution is 0.309. The predicted octanol–water partition coefficient (Wildman–Crippen LogP) is 4.32. The van der Waals surface area contributed by atoms with E-state index in [0.717, 1.165) is 25.3 Å². The second kappa shape index (κ2) is 8.98. The zero-order valence-electron chi connectivity index (χ0n) is 12.0. The minimum Gasteiger partial charge on any atom is -0.494 e. The maximum atomic E-state index is 5.74. The molecule has 1 aromatic carbocycles. The first-order valence-electron chi connectivity index (χ1n) is 7.24. The summed E-state index contributed by atoms with van der Waals surface area (Å²) < 4.78 is 5.74. The van der Waals surface area contributed by atoms with Crippen molar-refractivity contribution in [2.45, 2.75) is 52.5 Å². The normalized spacial score (nSPS) is 12.4. The van der Waals surface area contributed by atoms with Crippen molar-refractivity contribution in [3.63, 3.8) is 0 Å². The van der Waals surface area contributed by atoms with E-state index in [1.165, 1.54) is 24.8 Å². The Balaban J connectivity index is 2.47. The molecule has 1 aromatic rings. The summed E-state index contributed by atoms with van der Waals surface area (Å²) in [5.74, 6) is 0.991. The fourth-order valence-electron chi connectivity index (χ4n) is 1.82. The van der Waals surface area contributed by atoms with Gasteiger partial charge in [-0.2, -0.15) is 0 Å². The quantitative estimate of drug-likeness (QED) is 0.658. The topological polar surface area (TPSA) is 21.3 Å². The Hall–Kier alpha value is -1.02. The molecule has 1 atom stereocenters. The van der Waals surface area contributed by atoms with Gasteiger partial charge in [0.25, 0.3) is 0 Å². The van der Waals surface area contributed by atoms with E-state index >= 15 is 0 Å². The van der Waals surface area contributed by atoms with Gasteiger partial charge in [0.05, 0.1) is 6.61 Å². The lowest BCUT2D eigenvalue weighted by atomic mass is 10.1. The van der Waals surface area contributed by atoms with Gasteiger partial charge in [0.2, 0.25) is 0 Å². The summed E-state index contributed by atoms with van der Waals surface area (Å²) in [5.41, 5.74) is 1.31. The molecule has 0 fully saturated rings. The zero-order chi connectivity index (χ0) is 13.2. The Morgan fingerprint density at radius 3 is 2.67 bits per heavy atom. The van der Waals surface area contributed by atoms with Crippen molar-refractivity contribution in [1.82, 2.24) is 5.32 Å². The summed E-state index contributed by atoms with van der Waals surface area (Å²) in [4.78, 5) is 0. The highest BCUT2D eigenvalue weighted by Crippen LogP contribution is 2.19. The van der Waals surface area contributed by atoms with E-state index in [1.54, 1.807) is 0 Å². The molecule has 0 aliphatic heterocycles. The number of hydrogen-bond acceptors (Lipinski definition) is 2. The molecular weight excluding hydrogens is 222 g/mol. The standard InChI is InChI=1S/C16H27NO/c1-4-6-11-17-14(3)15-9-8-10-16(13-15)18-12-7-5-2/h8-10,13-14,17H,4-7,11-12H2,1-3H3/t14-/m0/s1. The maximum Gasteiger partial charge on any atom is 0.119 e. The number of rotatable bonds is 9. The fourth-order valence-corrected chi connectivity index (χ4v) is 1.82. The van der Waals surface area contributed by atoms with Crippen LogP contribution in [0.15, 0.2) is 24.3 Å². The number of unbranched alkanes of at least 4 members (excludes halogenated alkanes) is 2. The molecule has 0 saturated carbocycles. The Labute approximate surface area is 112 Å². The Morgan fingerprint density at radius 1 is 1.17 bits per heavy atom. The first kappa shape index (κ1) is 15.0. The van der Waals surface area contributed by atoms with Crippen molar-refractivity contribution in [3.8, 4) is 5.75 Å². The van der Waals surface area contributed by atoms with E-state index in [2.05, 4.69) is 44.3 Å². The molecule has 0 radical (unpaired) electrons. The Morgan fingerprint density at radius 2 is 1.94 bits per heavy atom. The van der Waals surface area contributed by atoms with Gasteiger partial charge in [-0.3, -0.25) is 0 Å². The van der Waals surface area contributed by atoms with E-state index in [1.807, 2.05) is 6.07 Å². The average molecular weight is 249 g/mol. The molecule has 0 aliphatic carbocycles. The summed E-state index contributed by atoms with van der Waals surface area (Å²) in [5, 5.41) is 3.54. The van der Waals surface area contributed by atoms with E-state index in [-0.39, 0.29) is 0 Å². The fraction of sp³-hybridized carbons (Fsp3) is 0.625. The van der Waals surface area contributed by atoms with E-state index in [0.29, 0.717) is 6.04 Å². The van der Waals surface area contributed by atoms with Crippen molar-refractivity contribution in [2.75, 3.05) is 13.2 Å². The van der Waals surface area contributed by atoms with E-state index < -0.39 is 0 Å². The molecule has 1 rings (SSSR count). The average Bonchev–Trinajstić information content (AvgIpc) is 2.39. The molecule has 1 N–H and O–H groups in total. The highest BCUT2D eigenvalue weighted by molar-refractivity contribution is 5.30. The van der Waals surface area contributed by atoms with Crippen LogP contribution in [0.4, 0.5) is 0 Å². The highest BCUT2D eigenvalue weighted by atomic mass is 16.5. The second-order valence-corrected chi connectivity index (χ2v) is 4.80. The van der Waals surface area contributed by atoms with E-state index in [9.17, 15) is 0 Å². The summed E-state index contributed by atoms with van der Waals surface area (Å²) >= 11 is 0. The lowest BCUT2D eigenvalue weighted by Crippen LogP contribution is -2.19. The summed E-state index contributed by atoms with van der Waals surface area (Å²) in [7, 11) is 0. The van der Waals surface area contributed by atoms with Crippen LogP contribution >= 0.6 is 0 Å². The number of benzene rings is 1. The van der Waals surface area contributed by atoms with Crippen molar-refractivity contribution in [3.05, 3.63) is 29.8 Å². The largest absolute Gasteiger partial charge is 0.494 e. The van der Waals surface area contributed by atoms with Gasteiger partial charge >= 0.3 is 0 Å². The van der Waals surface area contributed by atoms with Gasteiger partial charge in [0.1, 0.15) is 5.75 Å². The van der Waals surface area contributed by atoms with Gasteiger partial charge < -0.3 is 10.1 Å². The molecule has 0 aliphatic rings. The second-order valence-electron chi connectivity index (χ2n) is 4.80. The predicted molar refractivity (Wildman–Crippen MR) is 78.2 cm³/mol. The molecule has 0 unspecified atom stereocenters. The van der Waals surface area contributed by atoms with Crippen molar-refractivity contribution in [1.29, 1.82) is 0 Å². The third kappa shape index (κ3) is 5.54. The van der Waals surface area contributed by atoms with Gasteiger partial charge in [0, 0.05) is 6.04 Å². The smallest absolute Gasteiger partial charge is 0.119 e. The van der Waals surface area contributed by atoms with Crippen LogP contribution in [0, 0.1) is 0 Å². The number of hydrogen-bond donors (Lipinski definition) is 1. The van der Waals surface area contributed by atoms with Crippen LogP contribution in [0.3, 0.4) is 0 Å². The molecule has 2 heteroatoms. The molecule has 0 amide bonds. The van der Waals surface area contributed by atoms with Crippen LogP contribution in [-0.2, 0) is 0 Å². The van der Waals surface area contributed by atoms with Crippen LogP contribution in [-0.4, -0.2) is 13.2 Å². The zero-order valence-corrected chi connectivity index (χ0v) is 12.0. The van der Waals surface area contributed by atoms with Crippen LogP contribution in [0.25, 0.3) is 0 Å². The van der Waals surface area contributed by atoms with Crippen LogP contribution < -0.4 is 10.1 Å². The highest BCUT2D eigenvalue weighted by Gasteiger charge is 2.05. The lowest BCUT2D eigenvalue weighted by Gasteiger charge is -2.15. The minimum absolute atomic E-state index is 0.395. The SMILES string of the molecule is CCCCN[C@@H](C)c1cccc(OCCCC)c1. The van der Waals surface area contributed by atoms with Crippen molar-refractivity contribution in [2.24, 2.45) is 0 Å². The molecule has 0 bridgehead atoms. The van der Waals surface area contributed by atoms with Gasteiger partial charge in [-0.15, -0.1) is 0 Å². The van der Waals surface area contributed by atoms with Crippen molar-refractivity contribution < 1.29 is 4.74 Å². The summed E-state index contributed by atoms with van der Waals surface area (Å²) in [6.45, 7) is 8.51. The van der Waals surface area contributed by atoms with Gasteiger partial charge in [-0.1, -0.05) is 38.8 Å². The Kier molecular flexibility index (Phi) is 7.51.